The smallest absolute Gasteiger partial charge is 0.0195 e. The third kappa shape index (κ3) is 3.25. The van der Waals surface area contributed by atoms with Crippen molar-refractivity contribution in [3.63, 3.8) is 0 Å². The molecule has 1 aliphatic carbocycles. The summed E-state index contributed by atoms with van der Waals surface area (Å²) in [6.45, 7) is 8.51. The molecule has 0 aromatic carbocycles. The molecule has 1 saturated heterocycles. The minimum atomic E-state index is 0.699. The van der Waals surface area contributed by atoms with E-state index in [9.17, 15) is 0 Å². The van der Waals surface area contributed by atoms with Gasteiger partial charge in [-0.3, -0.25) is 9.80 Å². The van der Waals surface area contributed by atoms with Crippen molar-refractivity contribution in [3.05, 3.63) is 0 Å². The first-order valence-corrected chi connectivity index (χ1v) is 7.73. The fraction of sp³-hybridized carbons (Fsp3) is 1.00. The van der Waals surface area contributed by atoms with Gasteiger partial charge in [0.15, 0.2) is 0 Å². The third-order valence-corrected chi connectivity index (χ3v) is 5.21. The van der Waals surface area contributed by atoms with Crippen LogP contribution in [0.2, 0.25) is 0 Å². The number of nitrogens with zero attached hydrogens (tertiary/aromatic N) is 2. The largest absolute Gasteiger partial charge is 0.317 e. The zero-order chi connectivity index (χ0) is 13.1. The second-order valence-electron chi connectivity index (χ2n) is 6.52. The zero-order valence-electron chi connectivity index (χ0n) is 12.7. The lowest BCUT2D eigenvalue weighted by molar-refractivity contribution is 0.0423. The molecular formula is C15H31N3. The molecule has 3 heteroatoms. The van der Waals surface area contributed by atoms with E-state index in [2.05, 4.69) is 43.1 Å². The summed E-state index contributed by atoms with van der Waals surface area (Å²) in [5.41, 5.74) is 0. The summed E-state index contributed by atoms with van der Waals surface area (Å²) in [6.07, 6.45) is 5.64. The standard InChI is InChI=1S/C15H31N3/c1-12-9-18(10-13(2)17(12)4)11-14-7-5-6-8-15(14)16-3/h12-16H,5-11H2,1-4H3. The zero-order valence-corrected chi connectivity index (χ0v) is 12.7. The number of likely N-dealkylation sites (N-methyl/N-ethyl adjacent to an activating group) is 1. The molecule has 2 fully saturated rings. The lowest BCUT2D eigenvalue weighted by Gasteiger charge is -2.45. The molecule has 4 atom stereocenters. The molecule has 0 aromatic rings. The molecule has 1 saturated carbocycles. The van der Waals surface area contributed by atoms with E-state index in [1.54, 1.807) is 0 Å². The maximum Gasteiger partial charge on any atom is 0.0195 e. The highest BCUT2D eigenvalue weighted by atomic mass is 15.3. The van der Waals surface area contributed by atoms with Crippen molar-refractivity contribution in [3.8, 4) is 0 Å². The molecule has 3 nitrogen and oxygen atoms in total. The molecule has 2 aliphatic rings. The van der Waals surface area contributed by atoms with E-state index in [1.165, 1.54) is 45.3 Å². The quantitative estimate of drug-likeness (QED) is 0.827. The number of nitrogens with one attached hydrogen (secondary N) is 1. The molecule has 18 heavy (non-hydrogen) atoms. The Morgan fingerprint density at radius 2 is 1.67 bits per heavy atom. The van der Waals surface area contributed by atoms with Crippen molar-refractivity contribution in [1.82, 2.24) is 15.1 Å². The summed E-state index contributed by atoms with van der Waals surface area (Å²) in [6, 6.07) is 2.15. The summed E-state index contributed by atoms with van der Waals surface area (Å²) in [7, 11) is 4.40. The van der Waals surface area contributed by atoms with Gasteiger partial charge < -0.3 is 5.32 Å². The summed E-state index contributed by atoms with van der Waals surface area (Å²) in [5, 5.41) is 3.54. The van der Waals surface area contributed by atoms with Gasteiger partial charge in [0.2, 0.25) is 0 Å². The van der Waals surface area contributed by atoms with Crippen molar-refractivity contribution < 1.29 is 0 Å². The van der Waals surface area contributed by atoms with E-state index < -0.39 is 0 Å². The first kappa shape index (κ1) is 14.3. The minimum Gasteiger partial charge on any atom is -0.317 e. The first-order valence-electron chi connectivity index (χ1n) is 7.73. The molecule has 0 bridgehead atoms. The van der Waals surface area contributed by atoms with Crippen LogP contribution in [0, 0.1) is 5.92 Å². The van der Waals surface area contributed by atoms with E-state index in [0.717, 1.165) is 12.0 Å². The van der Waals surface area contributed by atoms with E-state index in [0.29, 0.717) is 12.1 Å². The van der Waals surface area contributed by atoms with Gasteiger partial charge in [-0.2, -0.15) is 0 Å². The van der Waals surface area contributed by atoms with Crippen molar-refractivity contribution in [1.29, 1.82) is 0 Å². The Kier molecular flexibility index (Phi) is 5.05. The predicted octanol–water partition coefficient (Wildman–Crippen LogP) is 1.79. The lowest BCUT2D eigenvalue weighted by atomic mass is 9.84. The summed E-state index contributed by atoms with van der Waals surface area (Å²) in [5.74, 6) is 0.867. The second-order valence-corrected chi connectivity index (χ2v) is 6.52. The van der Waals surface area contributed by atoms with Crippen LogP contribution >= 0.6 is 0 Å². The Morgan fingerprint density at radius 1 is 1.06 bits per heavy atom. The summed E-state index contributed by atoms with van der Waals surface area (Å²) < 4.78 is 0. The third-order valence-electron chi connectivity index (χ3n) is 5.21. The van der Waals surface area contributed by atoms with Gasteiger partial charge >= 0.3 is 0 Å². The van der Waals surface area contributed by atoms with Crippen molar-refractivity contribution in [2.45, 2.75) is 57.7 Å². The Morgan fingerprint density at radius 3 is 2.28 bits per heavy atom. The number of hydrogen-bond donors (Lipinski definition) is 1. The summed E-state index contributed by atoms with van der Waals surface area (Å²) >= 11 is 0. The Labute approximate surface area is 113 Å². The van der Waals surface area contributed by atoms with E-state index in [4.69, 9.17) is 0 Å². The molecular weight excluding hydrogens is 222 g/mol. The molecule has 1 N–H and O–H groups in total. The average Bonchev–Trinajstić information content (AvgIpc) is 2.36. The predicted molar refractivity (Wildman–Crippen MR) is 77.9 cm³/mol. The van der Waals surface area contributed by atoms with Crippen LogP contribution in [-0.4, -0.2) is 61.7 Å². The van der Waals surface area contributed by atoms with Crippen LogP contribution < -0.4 is 5.32 Å². The van der Waals surface area contributed by atoms with E-state index in [-0.39, 0.29) is 0 Å². The molecule has 0 aromatic heterocycles. The molecule has 0 amide bonds. The van der Waals surface area contributed by atoms with E-state index in [1.807, 2.05) is 0 Å². The first-order chi connectivity index (χ1) is 8.61. The fourth-order valence-corrected chi connectivity index (χ4v) is 3.80. The molecule has 0 spiro atoms. The van der Waals surface area contributed by atoms with Crippen molar-refractivity contribution in [2.24, 2.45) is 5.92 Å². The number of rotatable bonds is 3. The summed E-state index contributed by atoms with van der Waals surface area (Å²) in [4.78, 5) is 5.22. The highest BCUT2D eigenvalue weighted by molar-refractivity contribution is 4.87. The lowest BCUT2D eigenvalue weighted by Crippen LogP contribution is -2.56. The monoisotopic (exact) mass is 253 g/mol. The molecule has 1 heterocycles. The Hall–Kier alpha value is -0.120. The van der Waals surface area contributed by atoms with E-state index >= 15 is 0 Å². The fourth-order valence-electron chi connectivity index (χ4n) is 3.80. The maximum atomic E-state index is 3.54. The SMILES string of the molecule is CNC1CCCCC1CN1CC(C)N(C)C(C)C1. The van der Waals surface area contributed by atoms with Gasteiger partial charge in [-0.05, 0) is 46.7 Å². The van der Waals surface area contributed by atoms with Crippen molar-refractivity contribution in [2.75, 3.05) is 33.7 Å². The Balaban J connectivity index is 1.88. The molecule has 2 rings (SSSR count). The van der Waals surface area contributed by atoms with Crippen LogP contribution in [-0.2, 0) is 0 Å². The van der Waals surface area contributed by atoms with Crippen LogP contribution in [0.4, 0.5) is 0 Å². The van der Waals surface area contributed by atoms with Crippen LogP contribution in [0.3, 0.4) is 0 Å². The van der Waals surface area contributed by atoms with Gasteiger partial charge in [-0.15, -0.1) is 0 Å². The van der Waals surface area contributed by atoms with Crippen LogP contribution in [0.25, 0.3) is 0 Å². The molecule has 1 aliphatic heterocycles. The normalized spacial score (nSPS) is 40.0. The van der Waals surface area contributed by atoms with Crippen molar-refractivity contribution >= 4 is 0 Å². The van der Waals surface area contributed by atoms with Crippen LogP contribution in [0.15, 0.2) is 0 Å². The van der Waals surface area contributed by atoms with Gasteiger partial charge in [0.1, 0.15) is 0 Å². The molecule has 4 unspecified atom stereocenters. The van der Waals surface area contributed by atoms with Crippen LogP contribution in [0.1, 0.15) is 39.5 Å². The highest BCUT2D eigenvalue weighted by Gasteiger charge is 2.30. The van der Waals surface area contributed by atoms with Gasteiger partial charge in [-0.1, -0.05) is 12.8 Å². The van der Waals surface area contributed by atoms with Crippen LogP contribution in [0.5, 0.6) is 0 Å². The molecule has 0 radical (unpaired) electrons. The van der Waals surface area contributed by atoms with Gasteiger partial charge in [0, 0.05) is 37.8 Å². The van der Waals surface area contributed by atoms with Gasteiger partial charge in [0.25, 0.3) is 0 Å². The Bertz CT molecular complexity index is 244. The van der Waals surface area contributed by atoms with Gasteiger partial charge in [-0.25, -0.2) is 0 Å². The maximum absolute atomic E-state index is 3.54. The number of piperazine rings is 1. The van der Waals surface area contributed by atoms with Gasteiger partial charge in [0.05, 0.1) is 0 Å². The second kappa shape index (κ2) is 6.36. The highest BCUT2D eigenvalue weighted by Crippen LogP contribution is 2.26. The number of hydrogen-bond acceptors (Lipinski definition) is 3. The minimum absolute atomic E-state index is 0.699. The topological polar surface area (TPSA) is 18.5 Å². The molecule has 106 valence electrons. The average molecular weight is 253 g/mol.